The van der Waals surface area contributed by atoms with Crippen molar-refractivity contribution in [1.82, 2.24) is 30.6 Å². The molecule has 12 nitrogen and oxygen atoms in total. The summed E-state index contributed by atoms with van der Waals surface area (Å²) in [7, 11) is -8.85. The second-order valence-corrected chi connectivity index (χ2v) is 18.8. The van der Waals surface area contributed by atoms with Crippen molar-refractivity contribution >= 4 is 78.0 Å². The summed E-state index contributed by atoms with van der Waals surface area (Å²) in [5.74, 6) is 2.07. The van der Waals surface area contributed by atoms with Crippen LogP contribution in [0, 0.1) is 13.8 Å². The molecule has 0 saturated carbocycles. The Kier molecular flexibility index (Phi) is 14.3. The number of aromatic nitrogens is 4. The van der Waals surface area contributed by atoms with Crippen LogP contribution < -0.4 is 22.1 Å². The number of aryl methyl sites for hydroxylation is 2. The van der Waals surface area contributed by atoms with E-state index >= 15 is 0 Å². The van der Waals surface area contributed by atoms with E-state index in [4.69, 9.17) is 46.3 Å². The van der Waals surface area contributed by atoms with Crippen molar-refractivity contribution in [3.8, 4) is 0 Å². The first-order valence-electron chi connectivity index (χ1n) is 15.0. The minimum atomic E-state index is -4.45. The van der Waals surface area contributed by atoms with Gasteiger partial charge in [-0.1, -0.05) is 34.8 Å². The largest absolute Gasteiger partial charge is 0.348 e. The van der Waals surface area contributed by atoms with Crippen LogP contribution in [0.5, 0.6) is 0 Å². The van der Waals surface area contributed by atoms with Gasteiger partial charge in [0, 0.05) is 59.1 Å². The normalized spacial score (nSPS) is 14.8. The number of hydrogen-bond donors (Lipinski definition) is 6. The van der Waals surface area contributed by atoms with Gasteiger partial charge in [-0.3, -0.25) is 10.6 Å². The molecule has 8 N–H and O–H groups in total. The quantitative estimate of drug-likeness (QED) is 0.0735. The van der Waals surface area contributed by atoms with E-state index in [0.29, 0.717) is 28.0 Å². The van der Waals surface area contributed by atoms with Crippen molar-refractivity contribution in [2.75, 3.05) is 31.1 Å². The highest BCUT2D eigenvalue weighted by Gasteiger charge is 2.54. The Hall–Kier alpha value is -1.83. The van der Waals surface area contributed by atoms with E-state index in [1.165, 1.54) is 66.0 Å². The molecule has 0 bridgehead atoms. The van der Waals surface area contributed by atoms with Crippen molar-refractivity contribution < 1.29 is 16.8 Å². The topological polar surface area (TPSA) is 202 Å². The van der Waals surface area contributed by atoms with Gasteiger partial charge in [0.15, 0.2) is 24.5 Å². The number of hydrogen-bond acceptors (Lipinski definition) is 12. The second kappa shape index (κ2) is 17.6. The number of nitrogens with one attached hydrogen (secondary N) is 4. The van der Waals surface area contributed by atoms with E-state index in [2.05, 4.69) is 30.6 Å². The first-order valence-corrected chi connectivity index (χ1v) is 21.5. The Morgan fingerprint density at radius 1 is 0.837 bits per heavy atom. The Morgan fingerprint density at radius 2 is 1.39 bits per heavy atom. The average molecular weight is 810 g/mol. The number of rotatable bonds is 19. The Morgan fingerprint density at radius 3 is 1.90 bits per heavy atom. The standard InChI is InChI=1S/C30H39Cl3N8O4S4/c1-19-26(39-17-37-19)14-46-11-9-36-29(48(42,43)23-7-8-24(32)25(33)13-23)28(35)30(16-34,49(44,45)22-5-3-21(31)4-6-22)41-10-12-47-15-27-20(2)38-18-40-27/h3-8,13,17-18,28-29,36,41H,9-12,14-16,34-35H2,1-2H3,(H,37,39)(H,38,40). The molecule has 4 aromatic rings. The molecular formula is C30H39Cl3N8O4S4. The number of imidazole rings is 2. The molecule has 3 unspecified atom stereocenters. The summed E-state index contributed by atoms with van der Waals surface area (Å²) in [5.41, 5.74) is 16.8. The van der Waals surface area contributed by atoms with Gasteiger partial charge in [0.05, 0.1) is 49.9 Å². The molecule has 3 atom stereocenters. The number of nitrogens with two attached hydrogens (primary N) is 2. The molecule has 2 aromatic heterocycles. The molecule has 2 aromatic carbocycles. The van der Waals surface area contributed by atoms with Gasteiger partial charge in [-0.2, -0.15) is 23.5 Å². The van der Waals surface area contributed by atoms with Gasteiger partial charge in [-0.15, -0.1) is 0 Å². The maximum absolute atomic E-state index is 14.6. The summed E-state index contributed by atoms with van der Waals surface area (Å²) >= 11 is 21.5. The summed E-state index contributed by atoms with van der Waals surface area (Å²) in [4.78, 5) is 12.2. The Balaban J connectivity index is 1.69. The monoisotopic (exact) mass is 808 g/mol. The molecule has 19 heteroatoms. The van der Waals surface area contributed by atoms with Crippen LogP contribution in [0.2, 0.25) is 15.1 Å². The van der Waals surface area contributed by atoms with Crippen molar-refractivity contribution in [2.24, 2.45) is 11.5 Å². The lowest BCUT2D eigenvalue weighted by Gasteiger charge is -2.41. The number of halogens is 3. The van der Waals surface area contributed by atoms with E-state index in [-0.39, 0.29) is 32.9 Å². The zero-order valence-corrected chi connectivity index (χ0v) is 32.3. The van der Waals surface area contributed by atoms with Crippen LogP contribution in [0.15, 0.2) is 64.9 Å². The zero-order valence-electron chi connectivity index (χ0n) is 26.7. The third kappa shape index (κ3) is 9.35. The molecular weight excluding hydrogens is 771 g/mol. The number of sulfone groups is 2. The predicted octanol–water partition coefficient (Wildman–Crippen LogP) is 4.31. The van der Waals surface area contributed by atoms with Crippen molar-refractivity contribution in [1.29, 1.82) is 0 Å². The fraction of sp³-hybridized carbons (Fsp3) is 0.400. The lowest BCUT2D eigenvalue weighted by Crippen LogP contribution is -2.73. The molecule has 0 aliphatic rings. The summed E-state index contributed by atoms with van der Waals surface area (Å²) in [6, 6.07) is 7.80. The Bertz CT molecular complexity index is 1910. The average Bonchev–Trinajstić information content (AvgIpc) is 3.68. The second-order valence-electron chi connectivity index (χ2n) is 11.1. The molecule has 0 amide bonds. The maximum Gasteiger partial charge on any atom is 0.200 e. The molecule has 0 saturated heterocycles. The third-order valence-corrected chi connectivity index (χ3v) is 15.3. The fourth-order valence-corrected chi connectivity index (χ4v) is 11.1. The number of thioether (sulfide) groups is 2. The predicted molar refractivity (Wildman–Crippen MR) is 201 cm³/mol. The molecule has 268 valence electrons. The Labute approximate surface area is 310 Å². The van der Waals surface area contributed by atoms with Crippen LogP contribution in [0.1, 0.15) is 22.8 Å². The van der Waals surface area contributed by atoms with Crippen LogP contribution in [-0.2, 0) is 31.2 Å². The molecule has 0 aliphatic carbocycles. The highest BCUT2D eigenvalue weighted by atomic mass is 35.5. The summed E-state index contributed by atoms with van der Waals surface area (Å²) in [5, 5.41) is 5.01. The minimum Gasteiger partial charge on any atom is -0.348 e. The highest BCUT2D eigenvalue weighted by Crippen LogP contribution is 2.33. The minimum absolute atomic E-state index is 0.0150. The van der Waals surface area contributed by atoms with Gasteiger partial charge in [-0.05, 0) is 56.3 Å². The summed E-state index contributed by atoms with van der Waals surface area (Å²) < 4.78 is 57.9. The van der Waals surface area contributed by atoms with Gasteiger partial charge >= 0.3 is 0 Å². The number of benzene rings is 2. The summed E-state index contributed by atoms with van der Waals surface area (Å²) in [6.07, 6.45) is 3.22. The van der Waals surface area contributed by atoms with Gasteiger partial charge in [0.1, 0.15) is 5.37 Å². The van der Waals surface area contributed by atoms with E-state index in [1.54, 1.807) is 12.7 Å². The first-order chi connectivity index (χ1) is 23.2. The first kappa shape index (κ1) is 39.9. The lowest BCUT2D eigenvalue weighted by atomic mass is 10.1. The maximum atomic E-state index is 14.6. The molecule has 0 spiro atoms. The number of aromatic amines is 2. The van der Waals surface area contributed by atoms with E-state index < -0.39 is 42.5 Å². The molecule has 49 heavy (non-hydrogen) atoms. The van der Waals surface area contributed by atoms with Gasteiger partial charge < -0.3 is 21.4 Å². The van der Waals surface area contributed by atoms with Gasteiger partial charge in [0.2, 0.25) is 0 Å². The fourth-order valence-electron chi connectivity index (χ4n) is 5.02. The third-order valence-electron chi connectivity index (χ3n) is 7.93. The lowest BCUT2D eigenvalue weighted by molar-refractivity contribution is 0.343. The number of nitrogens with zero attached hydrogens (tertiary/aromatic N) is 2. The number of H-pyrrole nitrogens is 2. The van der Waals surface area contributed by atoms with E-state index in [9.17, 15) is 16.8 Å². The molecule has 2 heterocycles. The van der Waals surface area contributed by atoms with E-state index in [1.807, 2.05) is 13.8 Å². The van der Waals surface area contributed by atoms with Crippen LogP contribution in [0.25, 0.3) is 0 Å². The zero-order chi connectivity index (χ0) is 35.8. The molecule has 0 fully saturated rings. The smallest absolute Gasteiger partial charge is 0.200 e. The van der Waals surface area contributed by atoms with Crippen LogP contribution in [0.3, 0.4) is 0 Å². The molecule has 0 aliphatic heterocycles. The molecule has 4 rings (SSSR count). The summed E-state index contributed by atoms with van der Waals surface area (Å²) in [6.45, 7) is 3.57. The van der Waals surface area contributed by atoms with Crippen molar-refractivity contribution in [3.63, 3.8) is 0 Å². The van der Waals surface area contributed by atoms with Crippen molar-refractivity contribution in [2.45, 2.75) is 51.4 Å². The van der Waals surface area contributed by atoms with Gasteiger partial charge in [0.25, 0.3) is 0 Å². The van der Waals surface area contributed by atoms with Crippen LogP contribution in [-0.4, -0.2) is 84.2 Å². The van der Waals surface area contributed by atoms with Gasteiger partial charge in [-0.25, -0.2) is 26.8 Å². The molecule has 0 radical (unpaired) electrons. The highest BCUT2D eigenvalue weighted by molar-refractivity contribution is 7.98. The SMILES string of the molecule is Cc1[nH]cnc1CSCCNC(C(N)C(CN)(NCCSCc1nc[nH]c1C)S(=O)(=O)c1ccc(Cl)cc1)S(=O)(=O)c1ccc(Cl)c(Cl)c1. The van der Waals surface area contributed by atoms with Crippen LogP contribution in [0.4, 0.5) is 0 Å². The van der Waals surface area contributed by atoms with Crippen molar-refractivity contribution in [3.05, 3.63) is 93.0 Å². The van der Waals surface area contributed by atoms with E-state index in [0.717, 1.165) is 22.8 Å². The van der Waals surface area contributed by atoms with Crippen LogP contribution >= 0.6 is 58.3 Å².